The molecule has 0 amide bonds. The monoisotopic (exact) mass is 345 g/mol. The molecule has 0 saturated carbocycles. The molecular weight excluding hydrogens is 335 g/mol. The molecule has 0 fully saturated rings. The summed E-state index contributed by atoms with van der Waals surface area (Å²) in [4.78, 5) is 23.7. The third-order valence-corrected chi connectivity index (χ3v) is 3.27. The molecule has 23 heavy (non-hydrogen) atoms. The molecule has 1 aromatic heterocycles. The zero-order valence-corrected chi connectivity index (χ0v) is 12.6. The lowest BCUT2D eigenvalue weighted by atomic mass is 10.1. The fraction of sp³-hybridized carbons (Fsp3) is 0.200. The lowest BCUT2D eigenvalue weighted by Crippen LogP contribution is -2.27. The van der Waals surface area contributed by atoms with Crippen LogP contribution in [0.25, 0.3) is 0 Å². The maximum Gasteiger partial charge on any atom is 0.416 e. The highest BCUT2D eigenvalue weighted by Gasteiger charge is 2.30. The van der Waals surface area contributed by atoms with Gasteiger partial charge in [0.2, 0.25) is 0 Å². The topological polar surface area (TPSA) is 48.3 Å². The normalized spacial score (nSPS) is 11.3. The van der Waals surface area contributed by atoms with Crippen LogP contribution in [0.2, 0.25) is 5.02 Å². The lowest BCUT2D eigenvalue weighted by molar-refractivity contribution is -0.137. The van der Waals surface area contributed by atoms with E-state index >= 15 is 0 Å². The number of carbonyl (C=O) groups is 1. The lowest BCUT2D eigenvalue weighted by Gasteiger charge is -2.11. The maximum atomic E-state index is 12.7. The standard InChI is InChI=1S/C15H11ClF3NO3/c1-23-14(22)12-6-11(16)8-20(13(12)21)7-9-3-2-4-10(5-9)15(17,18)19/h2-6,8H,7H2,1H3. The van der Waals surface area contributed by atoms with Gasteiger partial charge in [-0.15, -0.1) is 0 Å². The van der Waals surface area contributed by atoms with Crippen LogP contribution in [0, 0.1) is 0 Å². The van der Waals surface area contributed by atoms with Crippen LogP contribution in [0.4, 0.5) is 13.2 Å². The third kappa shape index (κ3) is 3.92. The minimum absolute atomic E-state index is 0.0944. The van der Waals surface area contributed by atoms with E-state index < -0.39 is 23.3 Å². The van der Waals surface area contributed by atoms with E-state index in [9.17, 15) is 22.8 Å². The molecule has 0 saturated heterocycles. The average Bonchev–Trinajstić information content (AvgIpc) is 2.49. The van der Waals surface area contributed by atoms with Crippen molar-refractivity contribution in [2.75, 3.05) is 7.11 Å². The van der Waals surface area contributed by atoms with E-state index in [1.54, 1.807) is 0 Å². The predicted molar refractivity (Wildman–Crippen MR) is 77.6 cm³/mol. The minimum Gasteiger partial charge on any atom is -0.465 e. The number of halogens is 4. The second kappa shape index (κ2) is 6.45. The molecule has 0 atom stereocenters. The molecule has 0 aliphatic heterocycles. The van der Waals surface area contributed by atoms with Gasteiger partial charge in [-0.2, -0.15) is 13.2 Å². The van der Waals surface area contributed by atoms with Gasteiger partial charge in [-0.05, 0) is 23.8 Å². The van der Waals surface area contributed by atoms with Gasteiger partial charge >= 0.3 is 12.1 Å². The first kappa shape index (κ1) is 17.1. The van der Waals surface area contributed by atoms with Gasteiger partial charge in [0.25, 0.3) is 5.56 Å². The second-order valence-corrected chi connectivity index (χ2v) is 5.13. The Morgan fingerprint density at radius 2 is 2.00 bits per heavy atom. The number of hydrogen-bond acceptors (Lipinski definition) is 3. The van der Waals surface area contributed by atoms with Crippen LogP contribution < -0.4 is 5.56 Å². The first-order chi connectivity index (χ1) is 10.7. The number of alkyl halides is 3. The molecule has 1 heterocycles. The van der Waals surface area contributed by atoms with Crippen molar-refractivity contribution in [2.24, 2.45) is 0 Å². The van der Waals surface area contributed by atoms with Crippen molar-refractivity contribution < 1.29 is 22.7 Å². The van der Waals surface area contributed by atoms with Crippen molar-refractivity contribution in [1.82, 2.24) is 4.57 Å². The maximum absolute atomic E-state index is 12.7. The summed E-state index contributed by atoms with van der Waals surface area (Å²) in [5, 5.41) is 0.0944. The summed E-state index contributed by atoms with van der Waals surface area (Å²) in [6.45, 7) is -0.159. The molecule has 0 unspecified atom stereocenters. The molecule has 0 spiro atoms. The zero-order valence-electron chi connectivity index (χ0n) is 11.9. The molecule has 0 N–H and O–H groups in total. The molecule has 2 rings (SSSR count). The number of ether oxygens (including phenoxy) is 1. The number of nitrogens with zero attached hydrogens (tertiary/aromatic N) is 1. The van der Waals surface area contributed by atoms with Gasteiger partial charge in [0.05, 0.1) is 24.2 Å². The Bertz CT molecular complexity index is 799. The Hall–Kier alpha value is -2.28. The molecule has 0 radical (unpaired) electrons. The van der Waals surface area contributed by atoms with Gasteiger partial charge in [-0.3, -0.25) is 4.79 Å². The highest BCUT2D eigenvalue weighted by atomic mass is 35.5. The number of esters is 1. The summed E-state index contributed by atoms with van der Waals surface area (Å²) in [6.07, 6.45) is -3.23. The van der Waals surface area contributed by atoms with Gasteiger partial charge in [0.15, 0.2) is 0 Å². The van der Waals surface area contributed by atoms with Crippen LogP contribution in [-0.2, 0) is 17.5 Å². The van der Waals surface area contributed by atoms with Crippen LogP contribution >= 0.6 is 11.6 Å². The van der Waals surface area contributed by atoms with Crippen LogP contribution in [0.5, 0.6) is 0 Å². The summed E-state index contributed by atoms with van der Waals surface area (Å²) in [6, 6.07) is 5.71. The second-order valence-electron chi connectivity index (χ2n) is 4.69. The predicted octanol–water partition coefficient (Wildman–Crippen LogP) is 3.36. The number of hydrogen-bond donors (Lipinski definition) is 0. The molecule has 0 aliphatic rings. The van der Waals surface area contributed by atoms with Gasteiger partial charge in [-0.25, -0.2) is 4.79 Å². The number of rotatable bonds is 3. The van der Waals surface area contributed by atoms with E-state index in [4.69, 9.17) is 11.6 Å². The Morgan fingerprint density at radius 3 is 2.61 bits per heavy atom. The van der Waals surface area contributed by atoms with E-state index in [-0.39, 0.29) is 22.7 Å². The van der Waals surface area contributed by atoms with Crippen LogP contribution in [0.15, 0.2) is 41.3 Å². The average molecular weight is 346 g/mol. The Balaban J connectivity index is 2.43. The van der Waals surface area contributed by atoms with Crippen molar-refractivity contribution in [1.29, 1.82) is 0 Å². The molecular formula is C15H11ClF3NO3. The number of carbonyl (C=O) groups excluding carboxylic acids is 1. The van der Waals surface area contributed by atoms with Crippen LogP contribution in [0.1, 0.15) is 21.5 Å². The quantitative estimate of drug-likeness (QED) is 0.801. The van der Waals surface area contributed by atoms with E-state index in [1.807, 2.05) is 0 Å². The van der Waals surface area contributed by atoms with Gasteiger partial charge in [0, 0.05) is 6.20 Å². The van der Waals surface area contributed by atoms with Gasteiger partial charge < -0.3 is 9.30 Å². The smallest absolute Gasteiger partial charge is 0.416 e. The van der Waals surface area contributed by atoms with Crippen molar-refractivity contribution in [3.8, 4) is 0 Å². The summed E-state index contributed by atoms with van der Waals surface area (Å²) < 4.78 is 43.7. The fourth-order valence-corrected chi connectivity index (χ4v) is 2.24. The Kier molecular flexibility index (Phi) is 4.79. The van der Waals surface area contributed by atoms with Gasteiger partial charge in [-0.1, -0.05) is 23.7 Å². The molecule has 2 aromatic rings. The minimum atomic E-state index is -4.48. The van der Waals surface area contributed by atoms with E-state index in [1.165, 1.54) is 18.3 Å². The molecule has 0 bridgehead atoms. The first-order valence-electron chi connectivity index (χ1n) is 6.37. The van der Waals surface area contributed by atoms with Crippen LogP contribution in [0.3, 0.4) is 0 Å². The molecule has 1 aromatic carbocycles. The number of benzene rings is 1. The Morgan fingerprint density at radius 1 is 1.30 bits per heavy atom. The third-order valence-electron chi connectivity index (χ3n) is 3.07. The summed E-state index contributed by atoms with van der Waals surface area (Å²) in [5.41, 5.74) is -1.55. The largest absolute Gasteiger partial charge is 0.465 e. The highest BCUT2D eigenvalue weighted by Crippen LogP contribution is 2.29. The Labute approximate surface area is 134 Å². The summed E-state index contributed by atoms with van der Waals surface area (Å²) in [7, 11) is 1.11. The number of pyridine rings is 1. The number of aromatic nitrogens is 1. The van der Waals surface area contributed by atoms with E-state index in [0.29, 0.717) is 0 Å². The zero-order chi connectivity index (χ0) is 17.2. The van der Waals surface area contributed by atoms with E-state index in [2.05, 4.69) is 4.74 Å². The molecule has 122 valence electrons. The van der Waals surface area contributed by atoms with Crippen molar-refractivity contribution in [3.63, 3.8) is 0 Å². The van der Waals surface area contributed by atoms with Crippen molar-refractivity contribution in [2.45, 2.75) is 12.7 Å². The van der Waals surface area contributed by atoms with E-state index in [0.717, 1.165) is 29.9 Å². The summed E-state index contributed by atoms with van der Waals surface area (Å²) >= 11 is 5.85. The first-order valence-corrected chi connectivity index (χ1v) is 6.74. The van der Waals surface area contributed by atoms with Gasteiger partial charge in [0.1, 0.15) is 5.56 Å². The van der Waals surface area contributed by atoms with Crippen molar-refractivity contribution >= 4 is 17.6 Å². The number of methoxy groups -OCH3 is 1. The van der Waals surface area contributed by atoms with Crippen molar-refractivity contribution in [3.05, 3.63) is 68.6 Å². The SMILES string of the molecule is COC(=O)c1cc(Cl)cn(Cc2cccc(C(F)(F)F)c2)c1=O. The highest BCUT2D eigenvalue weighted by molar-refractivity contribution is 6.30. The molecule has 0 aliphatic carbocycles. The van der Waals surface area contributed by atoms with Crippen LogP contribution in [-0.4, -0.2) is 17.6 Å². The fourth-order valence-electron chi connectivity index (χ4n) is 2.02. The molecule has 4 nitrogen and oxygen atoms in total. The summed E-state index contributed by atoms with van der Waals surface area (Å²) in [5.74, 6) is -0.865. The molecule has 8 heteroatoms.